The average molecular weight is 435 g/mol. The normalized spacial score (nSPS) is 13.1. The molecule has 0 saturated heterocycles. The maximum atomic E-state index is 3.76. The molecule has 34 heavy (non-hydrogen) atoms. The summed E-state index contributed by atoms with van der Waals surface area (Å²) < 4.78 is 2.48. The van der Waals surface area contributed by atoms with E-state index in [1.54, 1.807) is 0 Å². The molecule has 0 atom stereocenters. The van der Waals surface area contributed by atoms with Crippen LogP contribution in [0.15, 0.2) is 103 Å². The van der Waals surface area contributed by atoms with E-state index in [0.717, 1.165) is 12.8 Å². The number of para-hydroxylation sites is 2. The van der Waals surface area contributed by atoms with Gasteiger partial charge in [-0.2, -0.15) is 0 Å². The van der Waals surface area contributed by atoms with Crippen molar-refractivity contribution in [3.8, 4) is 16.8 Å². The first kappa shape index (κ1) is 18.2. The first-order valence-electron chi connectivity index (χ1n) is 12.0. The summed E-state index contributed by atoms with van der Waals surface area (Å²) in [4.78, 5) is 3.76. The molecular formula is C32H22N2. The summed E-state index contributed by atoms with van der Waals surface area (Å²) in [5, 5.41) is 5.46. The van der Waals surface area contributed by atoms with Crippen LogP contribution in [-0.2, 0) is 12.8 Å². The minimum absolute atomic E-state index is 1.06. The van der Waals surface area contributed by atoms with Gasteiger partial charge in [0.15, 0.2) is 0 Å². The van der Waals surface area contributed by atoms with Crippen LogP contribution in [0.3, 0.4) is 0 Å². The number of H-pyrrole nitrogens is 1. The maximum Gasteiger partial charge on any atom is 0.0551 e. The Balaban J connectivity index is 1.60. The molecule has 0 aliphatic heterocycles. The molecule has 160 valence electrons. The van der Waals surface area contributed by atoms with Crippen molar-refractivity contribution in [3.63, 3.8) is 0 Å². The summed E-state index contributed by atoms with van der Waals surface area (Å²) in [6, 6.07) is 37.5. The van der Waals surface area contributed by atoms with E-state index in [1.807, 2.05) is 0 Å². The Morgan fingerprint density at radius 3 is 2.18 bits per heavy atom. The zero-order valence-corrected chi connectivity index (χ0v) is 18.7. The van der Waals surface area contributed by atoms with Crippen molar-refractivity contribution in [1.82, 2.24) is 9.55 Å². The summed E-state index contributed by atoms with van der Waals surface area (Å²) in [5.41, 5.74) is 11.8. The molecule has 0 amide bonds. The van der Waals surface area contributed by atoms with Crippen molar-refractivity contribution in [2.24, 2.45) is 0 Å². The number of hydrogen-bond acceptors (Lipinski definition) is 0. The number of benzene rings is 5. The maximum absolute atomic E-state index is 3.76. The van der Waals surface area contributed by atoms with Gasteiger partial charge in [0.2, 0.25) is 0 Å². The van der Waals surface area contributed by atoms with E-state index in [0.29, 0.717) is 0 Å². The average Bonchev–Trinajstić information content (AvgIpc) is 3.44. The number of rotatable bonds is 2. The second-order valence-electron chi connectivity index (χ2n) is 9.41. The summed E-state index contributed by atoms with van der Waals surface area (Å²) in [6.45, 7) is 0. The molecule has 0 unspecified atom stereocenters. The smallest absolute Gasteiger partial charge is 0.0551 e. The van der Waals surface area contributed by atoms with Crippen LogP contribution in [0, 0.1) is 0 Å². The van der Waals surface area contributed by atoms with Crippen molar-refractivity contribution in [1.29, 1.82) is 0 Å². The van der Waals surface area contributed by atoms with Gasteiger partial charge in [0, 0.05) is 32.7 Å². The van der Waals surface area contributed by atoms with Crippen LogP contribution >= 0.6 is 0 Å². The summed E-state index contributed by atoms with van der Waals surface area (Å²) in [5.74, 6) is 0. The standard InChI is InChI=1S/C32H22N2/c1-3-9-20(10-4-1)22-17-21-15-16-25-31-29(19-26-24-13-7-8-14-27(24)33-32(25)26)34(28(18-22)30(21)31)23-11-5-2-6-12-23/h1-14,17-19,33H,15-16H2. The van der Waals surface area contributed by atoms with Crippen LogP contribution in [0.5, 0.6) is 0 Å². The zero-order valence-electron chi connectivity index (χ0n) is 18.7. The topological polar surface area (TPSA) is 20.7 Å². The third-order valence-corrected chi connectivity index (χ3v) is 7.58. The monoisotopic (exact) mass is 434 g/mol. The largest absolute Gasteiger partial charge is 0.354 e. The first-order chi connectivity index (χ1) is 16.9. The Hall–Kier alpha value is -4.30. The van der Waals surface area contributed by atoms with Crippen LogP contribution < -0.4 is 0 Å². The molecule has 1 aliphatic rings. The van der Waals surface area contributed by atoms with Gasteiger partial charge in [0.1, 0.15) is 0 Å². The molecule has 8 rings (SSSR count). The van der Waals surface area contributed by atoms with Gasteiger partial charge in [-0.05, 0) is 65.4 Å². The molecule has 2 heteroatoms. The lowest BCUT2D eigenvalue weighted by molar-refractivity contribution is 0.975. The third-order valence-electron chi connectivity index (χ3n) is 7.58. The van der Waals surface area contributed by atoms with Gasteiger partial charge in [-0.15, -0.1) is 0 Å². The Labute approximate surface area is 197 Å². The minimum atomic E-state index is 1.06. The van der Waals surface area contributed by atoms with Crippen LogP contribution in [0.1, 0.15) is 11.1 Å². The van der Waals surface area contributed by atoms with Gasteiger partial charge in [-0.1, -0.05) is 72.8 Å². The molecule has 1 aliphatic carbocycles. The zero-order chi connectivity index (χ0) is 22.2. The van der Waals surface area contributed by atoms with E-state index in [4.69, 9.17) is 0 Å². The molecule has 7 aromatic rings. The first-order valence-corrected chi connectivity index (χ1v) is 12.0. The van der Waals surface area contributed by atoms with Gasteiger partial charge in [-0.3, -0.25) is 0 Å². The van der Waals surface area contributed by atoms with Crippen molar-refractivity contribution in [2.75, 3.05) is 0 Å². The summed E-state index contributed by atoms with van der Waals surface area (Å²) in [7, 11) is 0. The van der Waals surface area contributed by atoms with E-state index in [9.17, 15) is 0 Å². The molecule has 0 radical (unpaired) electrons. The Kier molecular flexibility index (Phi) is 3.53. The number of hydrogen-bond donors (Lipinski definition) is 1. The van der Waals surface area contributed by atoms with Crippen molar-refractivity contribution in [3.05, 3.63) is 114 Å². The van der Waals surface area contributed by atoms with E-state index >= 15 is 0 Å². The molecule has 2 heterocycles. The molecule has 0 spiro atoms. The number of nitrogens with one attached hydrogen (secondary N) is 1. The highest BCUT2D eigenvalue weighted by Crippen LogP contribution is 2.45. The second kappa shape index (κ2) is 6.61. The van der Waals surface area contributed by atoms with E-state index < -0.39 is 0 Å². The molecule has 1 N–H and O–H groups in total. The highest BCUT2D eigenvalue weighted by Gasteiger charge is 2.25. The molecule has 0 saturated carbocycles. The molecule has 5 aromatic carbocycles. The molecule has 2 nitrogen and oxygen atoms in total. The molecule has 0 fully saturated rings. The quantitative estimate of drug-likeness (QED) is 0.283. The van der Waals surface area contributed by atoms with E-state index in [-0.39, 0.29) is 0 Å². The third kappa shape index (κ3) is 2.35. The number of aromatic nitrogens is 2. The predicted octanol–water partition coefficient (Wildman–Crippen LogP) is 8.18. The van der Waals surface area contributed by atoms with Crippen LogP contribution in [0.2, 0.25) is 0 Å². The number of nitrogens with zero attached hydrogens (tertiary/aromatic N) is 1. The van der Waals surface area contributed by atoms with Crippen LogP contribution in [0.25, 0.3) is 60.4 Å². The lowest BCUT2D eigenvalue weighted by Crippen LogP contribution is -2.00. The van der Waals surface area contributed by atoms with Gasteiger partial charge in [0.05, 0.1) is 16.6 Å². The number of fused-ring (bicyclic) bond motifs is 4. The second-order valence-corrected chi connectivity index (χ2v) is 9.41. The molecular weight excluding hydrogens is 412 g/mol. The lowest BCUT2D eigenvalue weighted by Gasteiger charge is -2.15. The van der Waals surface area contributed by atoms with Crippen LogP contribution in [-0.4, -0.2) is 9.55 Å². The SMILES string of the molecule is c1ccc(-c2cc3c4c5c(c6[nH]c7ccccc7c6cc5n(-c5ccccc5)c4c2)CC3)cc1. The van der Waals surface area contributed by atoms with Gasteiger partial charge >= 0.3 is 0 Å². The highest BCUT2D eigenvalue weighted by molar-refractivity contribution is 6.22. The Bertz CT molecular complexity index is 1890. The summed E-state index contributed by atoms with van der Waals surface area (Å²) >= 11 is 0. The van der Waals surface area contributed by atoms with E-state index in [1.165, 1.54) is 71.6 Å². The fraction of sp³-hybridized carbons (Fsp3) is 0.0625. The van der Waals surface area contributed by atoms with Gasteiger partial charge in [0.25, 0.3) is 0 Å². The summed E-state index contributed by atoms with van der Waals surface area (Å²) in [6.07, 6.45) is 2.12. The predicted molar refractivity (Wildman–Crippen MR) is 143 cm³/mol. The van der Waals surface area contributed by atoms with Crippen molar-refractivity contribution < 1.29 is 0 Å². The Morgan fingerprint density at radius 1 is 0.588 bits per heavy atom. The number of aryl methyl sites for hydroxylation is 2. The highest BCUT2D eigenvalue weighted by atomic mass is 15.0. The minimum Gasteiger partial charge on any atom is -0.354 e. The van der Waals surface area contributed by atoms with E-state index in [2.05, 4.69) is 113 Å². The van der Waals surface area contributed by atoms with Gasteiger partial charge < -0.3 is 9.55 Å². The molecule has 2 aromatic heterocycles. The fourth-order valence-electron chi connectivity index (χ4n) is 6.13. The fourth-order valence-corrected chi connectivity index (χ4v) is 6.13. The Morgan fingerprint density at radius 2 is 1.32 bits per heavy atom. The van der Waals surface area contributed by atoms with Gasteiger partial charge in [-0.25, -0.2) is 0 Å². The van der Waals surface area contributed by atoms with Crippen LogP contribution in [0.4, 0.5) is 0 Å². The number of aromatic amines is 1. The van der Waals surface area contributed by atoms with Crippen molar-refractivity contribution >= 4 is 43.6 Å². The lowest BCUT2D eigenvalue weighted by atomic mass is 9.87. The molecule has 0 bridgehead atoms. The van der Waals surface area contributed by atoms with Crippen molar-refractivity contribution in [2.45, 2.75) is 12.8 Å².